The minimum absolute atomic E-state index is 0.0155. The maximum atomic E-state index is 11.4. The fraction of sp³-hybridized carbons (Fsp3) is 0.417. The standard InChI is InChI=1S/C12H15NO6/c1-8(14)9-6-12(19-5-4-17-2)11(18-3)7-10(9)13(15)16/h6-7H,4-5H2,1-3H3. The Morgan fingerprint density at radius 1 is 1.26 bits per heavy atom. The Morgan fingerprint density at radius 2 is 1.95 bits per heavy atom. The second-order valence-corrected chi connectivity index (χ2v) is 3.67. The number of nitro benzene ring substituents is 1. The summed E-state index contributed by atoms with van der Waals surface area (Å²) in [7, 11) is 2.90. The van der Waals surface area contributed by atoms with E-state index in [2.05, 4.69) is 0 Å². The van der Waals surface area contributed by atoms with Gasteiger partial charge in [0.15, 0.2) is 17.3 Å². The van der Waals surface area contributed by atoms with Crippen LogP contribution in [0.15, 0.2) is 12.1 Å². The van der Waals surface area contributed by atoms with E-state index in [9.17, 15) is 14.9 Å². The van der Waals surface area contributed by atoms with Crippen molar-refractivity contribution in [3.05, 3.63) is 27.8 Å². The van der Waals surface area contributed by atoms with E-state index in [0.717, 1.165) is 0 Å². The molecule has 1 aromatic rings. The van der Waals surface area contributed by atoms with Crippen LogP contribution in [0.5, 0.6) is 11.5 Å². The molecule has 0 bridgehead atoms. The minimum atomic E-state index is -0.627. The second-order valence-electron chi connectivity index (χ2n) is 3.67. The normalized spacial score (nSPS) is 10.1. The van der Waals surface area contributed by atoms with E-state index >= 15 is 0 Å². The smallest absolute Gasteiger partial charge is 0.284 e. The van der Waals surface area contributed by atoms with Gasteiger partial charge in [-0.2, -0.15) is 0 Å². The Kier molecular flexibility index (Phi) is 5.25. The van der Waals surface area contributed by atoms with E-state index in [4.69, 9.17) is 14.2 Å². The van der Waals surface area contributed by atoms with E-state index in [1.807, 2.05) is 0 Å². The third-order valence-electron chi connectivity index (χ3n) is 2.40. The van der Waals surface area contributed by atoms with E-state index in [1.165, 1.54) is 33.3 Å². The van der Waals surface area contributed by atoms with Crippen molar-refractivity contribution in [3.8, 4) is 11.5 Å². The number of carbonyl (C=O) groups is 1. The maximum Gasteiger partial charge on any atom is 0.284 e. The number of Topliss-reactive ketones (excluding diaryl/α,β-unsaturated/α-hetero) is 1. The molecular weight excluding hydrogens is 254 g/mol. The number of ketones is 1. The molecule has 7 heteroatoms. The summed E-state index contributed by atoms with van der Waals surface area (Å²) in [4.78, 5) is 21.7. The molecule has 1 aromatic carbocycles. The first-order chi connectivity index (χ1) is 9.01. The highest BCUT2D eigenvalue weighted by Crippen LogP contribution is 2.34. The molecule has 0 atom stereocenters. The van der Waals surface area contributed by atoms with Gasteiger partial charge in [-0.25, -0.2) is 0 Å². The average molecular weight is 269 g/mol. The molecule has 0 saturated heterocycles. The zero-order valence-corrected chi connectivity index (χ0v) is 11.0. The molecule has 0 amide bonds. The molecular formula is C12H15NO6. The van der Waals surface area contributed by atoms with Gasteiger partial charge >= 0.3 is 0 Å². The fourth-order valence-electron chi connectivity index (χ4n) is 1.49. The number of carbonyl (C=O) groups excluding carboxylic acids is 1. The van der Waals surface area contributed by atoms with E-state index in [-0.39, 0.29) is 29.4 Å². The number of nitro groups is 1. The lowest BCUT2D eigenvalue weighted by Gasteiger charge is -2.11. The van der Waals surface area contributed by atoms with Crippen molar-refractivity contribution in [1.29, 1.82) is 0 Å². The number of methoxy groups -OCH3 is 2. The molecule has 19 heavy (non-hydrogen) atoms. The lowest BCUT2D eigenvalue weighted by molar-refractivity contribution is -0.385. The number of nitrogens with zero attached hydrogens (tertiary/aromatic N) is 1. The summed E-state index contributed by atoms with van der Waals surface area (Å²) in [6, 6.07) is 2.49. The number of hydrogen-bond donors (Lipinski definition) is 0. The van der Waals surface area contributed by atoms with Gasteiger partial charge in [0, 0.05) is 13.2 Å². The largest absolute Gasteiger partial charge is 0.493 e. The van der Waals surface area contributed by atoms with Crippen LogP contribution in [0.25, 0.3) is 0 Å². The highest BCUT2D eigenvalue weighted by molar-refractivity contribution is 5.98. The van der Waals surface area contributed by atoms with Crippen molar-refractivity contribution in [2.45, 2.75) is 6.92 Å². The van der Waals surface area contributed by atoms with Crippen molar-refractivity contribution in [2.75, 3.05) is 27.4 Å². The topological polar surface area (TPSA) is 87.9 Å². The Hall–Kier alpha value is -2.15. The van der Waals surface area contributed by atoms with Crippen LogP contribution >= 0.6 is 0 Å². The predicted molar refractivity (Wildman–Crippen MR) is 67.0 cm³/mol. The molecule has 0 aromatic heterocycles. The quantitative estimate of drug-likeness (QED) is 0.325. The molecule has 1 rings (SSSR count). The first kappa shape index (κ1) is 14.9. The van der Waals surface area contributed by atoms with Crippen LogP contribution in [0.1, 0.15) is 17.3 Å². The van der Waals surface area contributed by atoms with Gasteiger partial charge in [-0.15, -0.1) is 0 Å². The zero-order valence-electron chi connectivity index (χ0n) is 11.0. The highest BCUT2D eigenvalue weighted by atomic mass is 16.6. The lowest BCUT2D eigenvalue weighted by Crippen LogP contribution is -2.07. The first-order valence-electron chi connectivity index (χ1n) is 5.50. The maximum absolute atomic E-state index is 11.4. The fourth-order valence-corrected chi connectivity index (χ4v) is 1.49. The molecule has 0 heterocycles. The van der Waals surface area contributed by atoms with E-state index in [1.54, 1.807) is 0 Å². The molecule has 0 aliphatic carbocycles. The van der Waals surface area contributed by atoms with Crippen LogP contribution in [-0.4, -0.2) is 38.1 Å². The van der Waals surface area contributed by atoms with Crippen LogP contribution in [0.3, 0.4) is 0 Å². The molecule has 0 fully saturated rings. The Labute approximate surface area is 110 Å². The molecule has 0 spiro atoms. The van der Waals surface area contributed by atoms with Crippen molar-refractivity contribution in [1.82, 2.24) is 0 Å². The van der Waals surface area contributed by atoms with Crippen molar-refractivity contribution < 1.29 is 23.9 Å². The van der Waals surface area contributed by atoms with Crippen LogP contribution in [-0.2, 0) is 4.74 Å². The van der Waals surface area contributed by atoms with Crippen LogP contribution in [0.4, 0.5) is 5.69 Å². The SMILES string of the molecule is COCCOc1cc(C(C)=O)c([N+](=O)[O-])cc1OC. The number of hydrogen-bond acceptors (Lipinski definition) is 6. The molecule has 7 nitrogen and oxygen atoms in total. The second kappa shape index (κ2) is 6.69. The Bertz CT molecular complexity index is 485. The monoisotopic (exact) mass is 269 g/mol. The summed E-state index contributed by atoms with van der Waals surface area (Å²) in [5.41, 5.74) is -0.318. The van der Waals surface area contributed by atoms with Crippen molar-refractivity contribution >= 4 is 11.5 Å². The Balaban J connectivity index is 3.19. The van der Waals surface area contributed by atoms with Gasteiger partial charge < -0.3 is 14.2 Å². The van der Waals surface area contributed by atoms with Gasteiger partial charge in [0.1, 0.15) is 6.61 Å². The third kappa shape index (κ3) is 3.65. The molecule has 0 aliphatic rings. The summed E-state index contributed by atoms with van der Waals surface area (Å²) in [6.45, 7) is 1.87. The molecule has 0 saturated carbocycles. The van der Waals surface area contributed by atoms with E-state index < -0.39 is 10.7 Å². The first-order valence-corrected chi connectivity index (χ1v) is 5.50. The summed E-state index contributed by atoms with van der Waals surface area (Å²) in [5, 5.41) is 10.9. The van der Waals surface area contributed by atoms with Gasteiger partial charge in [0.05, 0.1) is 30.3 Å². The van der Waals surface area contributed by atoms with Gasteiger partial charge in [0.2, 0.25) is 0 Å². The van der Waals surface area contributed by atoms with Crippen LogP contribution in [0.2, 0.25) is 0 Å². The van der Waals surface area contributed by atoms with Gasteiger partial charge in [-0.05, 0) is 6.92 Å². The summed E-state index contributed by atoms with van der Waals surface area (Å²) < 4.78 is 15.2. The van der Waals surface area contributed by atoms with Crippen LogP contribution in [0, 0.1) is 10.1 Å². The van der Waals surface area contributed by atoms with Crippen LogP contribution < -0.4 is 9.47 Å². The molecule has 104 valence electrons. The van der Waals surface area contributed by atoms with Gasteiger partial charge in [0.25, 0.3) is 5.69 Å². The predicted octanol–water partition coefficient (Wildman–Crippen LogP) is 1.83. The van der Waals surface area contributed by atoms with Crippen molar-refractivity contribution in [3.63, 3.8) is 0 Å². The summed E-state index contributed by atoms with van der Waals surface area (Å²) in [6.07, 6.45) is 0. The lowest BCUT2D eigenvalue weighted by atomic mass is 10.1. The summed E-state index contributed by atoms with van der Waals surface area (Å²) >= 11 is 0. The number of benzene rings is 1. The van der Waals surface area contributed by atoms with Gasteiger partial charge in [-0.1, -0.05) is 0 Å². The third-order valence-corrected chi connectivity index (χ3v) is 2.40. The Morgan fingerprint density at radius 3 is 2.42 bits per heavy atom. The summed E-state index contributed by atoms with van der Waals surface area (Å²) in [5.74, 6) is 0.0640. The zero-order chi connectivity index (χ0) is 14.4. The van der Waals surface area contributed by atoms with E-state index in [0.29, 0.717) is 6.61 Å². The number of ether oxygens (including phenoxy) is 3. The molecule has 0 N–H and O–H groups in total. The molecule has 0 aliphatic heterocycles. The highest BCUT2D eigenvalue weighted by Gasteiger charge is 2.22. The molecule has 0 radical (unpaired) electrons. The average Bonchev–Trinajstić information content (AvgIpc) is 2.38. The van der Waals surface area contributed by atoms with Crippen molar-refractivity contribution in [2.24, 2.45) is 0 Å². The van der Waals surface area contributed by atoms with Gasteiger partial charge in [-0.3, -0.25) is 14.9 Å². The minimum Gasteiger partial charge on any atom is -0.493 e. The number of rotatable bonds is 7. The molecule has 0 unspecified atom stereocenters.